The molecule has 4 heterocycles. The van der Waals surface area contributed by atoms with E-state index in [9.17, 15) is 0 Å². The van der Waals surface area contributed by atoms with Gasteiger partial charge < -0.3 is 4.74 Å². The second-order valence-corrected chi connectivity index (χ2v) is 9.94. The monoisotopic (exact) mass is 410 g/mol. The topological polar surface area (TPSA) is 42.7 Å². The molecule has 154 valence electrons. The Morgan fingerprint density at radius 3 is 2.83 bits per heavy atom. The van der Waals surface area contributed by atoms with E-state index in [1.54, 1.807) is 0 Å². The summed E-state index contributed by atoms with van der Waals surface area (Å²) >= 11 is 1.82. The molecule has 1 aliphatic carbocycles. The standard InChI is InChI=1S/C23H30N4OS/c1-3-28-17-22(7-6-20-15-26-13-11-24-21(26)29-20)10-12-27(16-22)23(8-9-23)19-5-4-18(2)25-14-19/h4-5,11,13-15H,3,6-10,12,16-17H2,1-2H3/t22-/m0/s1. The van der Waals surface area contributed by atoms with Gasteiger partial charge in [0.2, 0.25) is 0 Å². The second-order valence-electron chi connectivity index (χ2n) is 8.84. The van der Waals surface area contributed by atoms with Crippen molar-refractivity contribution in [1.29, 1.82) is 0 Å². The summed E-state index contributed by atoms with van der Waals surface area (Å²) in [6.45, 7) is 8.12. The van der Waals surface area contributed by atoms with Gasteiger partial charge in [0, 0.05) is 59.5 Å². The molecule has 1 aliphatic heterocycles. The molecule has 0 aromatic carbocycles. The number of thiazole rings is 1. The van der Waals surface area contributed by atoms with Gasteiger partial charge in [0.1, 0.15) is 0 Å². The Morgan fingerprint density at radius 1 is 1.21 bits per heavy atom. The molecule has 6 heteroatoms. The van der Waals surface area contributed by atoms with Gasteiger partial charge in [-0.15, -0.1) is 11.3 Å². The van der Waals surface area contributed by atoms with Gasteiger partial charge in [-0.25, -0.2) is 4.98 Å². The first-order valence-corrected chi connectivity index (χ1v) is 11.6. The Labute approximate surface area is 176 Å². The highest BCUT2D eigenvalue weighted by Gasteiger charge is 2.54. The predicted octanol–water partition coefficient (Wildman–Crippen LogP) is 4.45. The minimum Gasteiger partial charge on any atom is -0.381 e. The van der Waals surface area contributed by atoms with E-state index >= 15 is 0 Å². The lowest BCUT2D eigenvalue weighted by atomic mass is 9.83. The van der Waals surface area contributed by atoms with Crippen molar-refractivity contribution in [3.8, 4) is 0 Å². The van der Waals surface area contributed by atoms with Crippen molar-refractivity contribution in [3.63, 3.8) is 0 Å². The van der Waals surface area contributed by atoms with Crippen LogP contribution in [0.4, 0.5) is 0 Å². The molecule has 2 aliphatic rings. The largest absolute Gasteiger partial charge is 0.381 e. The molecule has 3 aromatic heterocycles. The lowest BCUT2D eigenvalue weighted by molar-refractivity contribution is 0.0444. The van der Waals surface area contributed by atoms with E-state index in [1.165, 1.54) is 36.1 Å². The molecule has 3 aromatic rings. The summed E-state index contributed by atoms with van der Waals surface area (Å²) in [5.41, 5.74) is 2.96. The smallest absolute Gasteiger partial charge is 0.193 e. The van der Waals surface area contributed by atoms with Crippen molar-refractivity contribution in [2.24, 2.45) is 5.41 Å². The number of hydrogen-bond donors (Lipinski definition) is 0. The van der Waals surface area contributed by atoms with Gasteiger partial charge in [-0.2, -0.15) is 0 Å². The van der Waals surface area contributed by atoms with Crippen molar-refractivity contribution in [1.82, 2.24) is 19.3 Å². The first kappa shape index (κ1) is 19.2. The molecule has 0 bridgehead atoms. The maximum atomic E-state index is 6.00. The molecule has 0 amide bonds. The number of pyridine rings is 1. The fraction of sp³-hybridized carbons (Fsp3) is 0.565. The number of fused-ring (bicyclic) bond motifs is 1. The predicted molar refractivity (Wildman–Crippen MR) is 116 cm³/mol. The molecule has 1 atom stereocenters. The minimum atomic E-state index is 0.221. The summed E-state index contributed by atoms with van der Waals surface area (Å²) in [4.78, 5) is 14.2. The van der Waals surface area contributed by atoms with Crippen LogP contribution in [0.15, 0.2) is 36.9 Å². The zero-order valence-corrected chi connectivity index (χ0v) is 18.2. The van der Waals surface area contributed by atoms with Crippen molar-refractivity contribution < 1.29 is 4.74 Å². The van der Waals surface area contributed by atoms with Crippen LogP contribution in [0, 0.1) is 12.3 Å². The molecule has 0 spiro atoms. The number of likely N-dealkylation sites (tertiary alicyclic amines) is 1. The van der Waals surface area contributed by atoms with Crippen LogP contribution < -0.4 is 0 Å². The zero-order chi connectivity index (χ0) is 19.9. The number of ether oxygens (including phenoxy) is 1. The third-order valence-electron chi connectivity index (χ3n) is 6.87. The second kappa shape index (κ2) is 7.49. The molecule has 29 heavy (non-hydrogen) atoms. The van der Waals surface area contributed by atoms with E-state index in [4.69, 9.17) is 4.74 Å². The first-order valence-electron chi connectivity index (χ1n) is 10.8. The Morgan fingerprint density at radius 2 is 2.10 bits per heavy atom. The Bertz CT molecular complexity index is 946. The Balaban J connectivity index is 1.32. The van der Waals surface area contributed by atoms with E-state index in [0.717, 1.165) is 43.4 Å². The van der Waals surface area contributed by atoms with Gasteiger partial charge in [0.15, 0.2) is 4.96 Å². The SMILES string of the molecule is CCOC[C@@]1(CCc2cn3ccnc3s2)CCN(C2(c3ccc(C)nc3)CC2)C1. The average Bonchev–Trinajstić information content (AvgIpc) is 3.05. The van der Waals surface area contributed by atoms with Crippen molar-refractivity contribution in [3.05, 3.63) is 53.1 Å². The van der Waals surface area contributed by atoms with Crippen LogP contribution in [0.3, 0.4) is 0 Å². The van der Waals surface area contributed by atoms with Crippen LogP contribution in [0.5, 0.6) is 0 Å². The number of rotatable bonds is 8. The van der Waals surface area contributed by atoms with Crippen molar-refractivity contribution >= 4 is 16.3 Å². The lowest BCUT2D eigenvalue weighted by Gasteiger charge is -2.33. The van der Waals surface area contributed by atoms with Crippen LogP contribution >= 0.6 is 11.3 Å². The average molecular weight is 411 g/mol. The Kier molecular flexibility index (Phi) is 4.96. The van der Waals surface area contributed by atoms with Crippen molar-refractivity contribution in [2.75, 3.05) is 26.3 Å². The number of aromatic nitrogens is 3. The number of nitrogens with zero attached hydrogens (tertiary/aromatic N) is 4. The summed E-state index contributed by atoms with van der Waals surface area (Å²) < 4.78 is 8.14. The van der Waals surface area contributed by atoms with E-state index < -0.39 is 0 Å². The molecule has 2 fully saturated rings. The maximum absolute atomic E-state index is 6.00. The van der Waals surface area contributed by atoms with Crippen LogP contribution in [-0.2, 0) is 16.7 Å². The maximum Gasteiger partial charge on any atom is 0.193 e. The summed E-state index contributed by atoms with van der Waals surface area (Å²) in [6, 6.07) is 4.45. The van der Waals surface area contributed by atoms with E-state index in [0.29, 0.717) is 0 Å². The molecular weight excluding hydrogens is 380 g/mol. The summed E-state index contributed by atoms with van der Waals surface area (Å²) in [5.74, 6) is 0. The third kappa shape index (κ3) is 3.62. The molecule has 1 saturated heterocycles. The number of hydrogen-bond acceptors (Lipinski definition) is 5. The molecule has 5 rings (SSSR count). The molecule has 0 unspecified atom stereocenters. The molecular formula is C23H30N4OS. The van der Waals surface area contributed by atoms with Gasteiger partial charge in [0.05, 0.1) is 6.61 Å². The molecule has 0 radical (unpaired) electrons. The normalized spacial score (nSPS) is 23.8. The number of aryl methyl sites for hydroxylation is 2. The van der Waals surface area contributed by atoms with Gasteiger partial charge in [0.25, 0.3) is 0 Å². The van der Waals surface area contributed by atoms with Crippen LogP contribution in [0.1, 0.15) is 48.7 Å². The highest BCUT2D eigenvalue weighted by Crippen LogP contribution is 2.54. The fourth-order valence-electron chi connectivity index (χ4n) is 4.94. The summed E-state index contributed by atoms with van der Waals surface area (Å²) in [5, 5.41) is 0. The van der Waals surface area contributed by atoms with E-state index in [2.05, 4.69) is 57.6 Å². The van der Waals surface area contributed by atoms with Gasteiger partial charge in [-0.1, -0.05) is 6.07 Å². The molecule has 1 saturated carbocycles. The minimum absolute atomic E-state index is 0.221. The highest BCUT2D eigenvalue weighted by atomic mass is 32.1. The van der Waals surface area contributed by atoms with Gasteiger partial charge in [-0.3, -0.25) is 14.3 Å². The summed E-state index contributed by atoms with van der Waals surface area (Å²) in [6.07, 6.45) is 14.3. The fourth-order valence-corrected chi connectivity index (χ4v) is 5.88. The Hall–Kier alpha value is -1.76. The van der Waals surface area contributed by atoms with E-state index in [-0.39, 0.29) is 11.0 Å². The quantitative estimate of drug-likeness (QED) is 0.550. The van der Waals surface area contributed by atoms with Crippen LogP contribution in [-0.4, -0.2) is 45.6 Å². The molecule has 5 nitrogen and oxygen atoms in total. The lowest BCUT2D eigenvalue weighted by Crippen LogP contribution is -2.38. The van der Waals surface area contributed by atoms with Gasteiger partial charge >= 0.3 is 0 Å². The van der Waals surface area contributed by atoms with Crippen molar-refractivity contribution in [2.45, 2.75) is 51.5 Å². The molecule has 0 N–H and O–H groups in total. The van der Waals surface area contributed by atoms with Crippen LogP contribution in [0.25, 0.3) is 4.96 Å². The highest BCUT2D eigenvalue weighted by molar-refractivity contribution is 7.17. The zero-order valence-electron chi connectivity index (χ0n) is 17.4. The third-order valence-corrected chi connectivity index (χ3v) is 7.94. The van der Waals surface area contributed by atoms with Gasteiger partial charge in [-0.05, 0) is 64.1 Å². The van der Waals surface area contributed by atoms with Crippen LogP contribution in [0.2, 0.25) is 0 Å². The van der Waals surface area contributed by atoms with E-state index in [1.807, 2.05) is 23.7 Å². The first-order chi connectivity index (χ1) is 14.1. The number of imidazole rings is 1. The summed E-state index contributed by atoms with van der Waals surface area (Å²) in [7, 11) is 0.